The third-order valence-corrected chi connectivity index (χ3v) is 6.07. The van der Waals surface area contributed by atoms with E-state index in [1.807, 2.05) is 6.92 Å². The second-order valence-electron chi connectivity index (χ2n) is 7.69. The smallest absolute Gasteiger partial charge is 0.371 e. The monoisotopic (exact) mass is 378 g/mol. The van der Waals surface area contributed by atoms with Crippen LogP contribution in [0, 0.1) is 0 Å². The lowest BCUT2D eigenvalue weighted by Gasteiger charge is -2.41. The maximum absolute atomic E-state index is 12.8. The average molecular weight is 378 g/mol. The molecule has 1 saturated heterocycles. The number of allylic oxidation sites excluding steroid dienone is 4. The van der Waals surface area contributed by atoms with Crippen molar-refractivity contribution in [1.82, 2.24) is 10.2 Å². The van der Waals surface area contributed by atoms with Gasteiger partial charge in [-0.3, -0.25) is 0 Å². The van der Waals surface area contributed by atoms with Gasteiger partial charge < -0.3 is 10.2 Å². The Kier molecular flexibility index (Phi) is 5.99. The first kappa shape index (κ1) is 20.0. The van der Waals surface area contributed by atoms with Crippen LogP contribution in [-0.2, 0) is 6.18 Å². The van der Waals surface area contributed by atoms with Gasteiger partial charge in [-0.25, -0.2) is 0 Å². The van der Waals surface area contributed by atoms with E-state index in [0.717, 1.165) is 43.6 Å². The summed E-state index contributed by atoms with van der Waals surface area (Å²) in [5, 5.41) is 3.49. The van der Waals surface area contributed by atoms with Gasteiger partial charge in [-0.15, -0.1) is 0 Å². The SMILES string of the molecule is CC1=C(/C(C)=C(\C)c2ccc(C(F)(F)F)cc2)CCCN1[C@@H]1CCCNC1. The first-order valence-corrected chi connectivity index (χ1v) is 9.81. The molecule has 0 amide bonds. The van der Waals surface area contributed by atoms with Crippen LogP contribution in [0.3, 0.4) is 0 Å². The minimum atomic E-state index is -4.29. The molecule has 2 nitrogen and oxygen atoms in total. The number of alkyl halides is 3. The van der Waals surface area contributed by atoms with E-state index in [0.29, 0.717) is 6.04 Å². The van der Waals surface area contributed by atoms with Crippen LogP contribution in [0.4, 0.5) is 13.2 Å². The van der Waals surface area contributed by atoms with Gasteiger partial charge in [-0.05, 0) is 87.4 Å². The second-order valence-corrected chi connectivity index (χ2v) is 7.69. The van der Waals surface area contributed by atoms with Crippen molar-refractivity contribution in [2.75, 3.05) is 19.6 Å². The molecule has 0 saturated carbocycles. The van der Waals surface area contributed by atoms with Gasteiger partial charge in [0.2, 0.25) is 0 Å². The molecule has 1 aromatic carbocycles. The fraction of sp³-hybridized carbons (Fsp3) is 0.545. The average Bonchev–Trinajstić information content (AvgIpc) is 2.67. The van der Waals surface area contributed by atoms with Crippen LogP contribution in [0.1, 0.15) is 57.6 Å². The number of benzene rings is 1. The van der Waals surface area contributed by atoms with Gasteiger partial charge >= 0.3 is 6.18 Å². The molecule has 2 heterocycles. The van der Waals surface area contributed by atoms with Gasteiger partial charge in [0.1, 0.15) is 0 Å². The Morgan fingerprint density at radius 1 is 1.07 bits per heavy atom. The molecule has 0 spiro atoms. The normalized spacial score (nSPS) is 22.7. The van der Waals surface area contributed by atoms with E-state index in [-0.39, 0.29) is 0 Å². The molecule has 0 aliphatic carbocycles. The summed E-state index contributed by atoms with van der Waals surface area (Å²) >= 11 is 0. The molecule has 1 fully saturated rings. The molecule has 2 aliphatic rings. The quantitative estimate of drug-likeness (QED) is 0.734. The lowest BCUT2D eigenvalue weighted by molar-refractivity contribution is -0.137. The van der Waals surface area contributed by atoms with E-state index in [9.17, 15) is 13.2 Å². The van der Waals surface area contributed by atoms with Crippen LogP contribution in [0.2, 0.25) is 0 Å². The highest BCUT2D eigenvalue weighted by molar-refractivity contribution is 5.71. The predicted octanol–water partition coefficient (Wildman–Crippen LogP) is 5.62. The molecule has 0 unspecified atom stereocenters. The Morgan fingerprint density at radius 2 is 1.78 bits per heavy atom. The van der Waals surface area contributed by atoms with Gasteiger partial charge in [0.25, 0.3) is 0 Å². The third kappa shape index (κ3) is 4.40. The summed E-state index contributed by atoms with van der Waals surface area (Å²) in [6.45, 7) is 9.55. The highest BCUT2D eigenvalue weighted by Gasteiger charge is 2.30. The topological polar surface area (TPSA) is 15.3 Å². The van der Waals surface area contributed by atoms with Crippen LogP contribution in [-0.4, -0.2) is 30.6 Å². The van der Waals surface area contributed by atoms with Crippen molar-refractivity contribution in [2.24, 2.45) is 0 Å². The largest absolute Gasteiger partial charge is 0.416 e. The van der Waals surface area contributed by atoms with Crippen LogP contribution in [0.5, 0.6) is 0 Å². The van der Waals surface area contributed by atoms with Crippen LogP contribution in [0.25, 0.3) is 5.57 Å². The summed E-state index contributed by atoms with van der Waals surface area (Å²) < 4.78 is 38.4. The summed E-state index contributed by atoms with van der Waals surface area (Å²) in [4.78, 5) is 2.54. The van der Waals surface area contributed by atoms with Crippen molar-refractivity contribution in [3.63, 3.8) is 0 Å². The van der Waals surface area contributed by atoms with Crippen LogP contribution >= 0.6 is 0 Å². The van der Waals surface area contributed by atoms with Gasteiger partial charge in [0.05, 0.1) is 5.56 Å². The molecule has 1 N–H and O–H groups in total. The molecule has 27 heavy (non-hydrogen) atoms. The number of halogens is 3. The van der Waals surface area contributed by atoms with Gasteiger partial charge in [-0.1, -0.05) is 12.1 Å². The minimum Gasteiger partial charge on any atom is -0.371 e. The van der Waals surface area contributed by atoms with E-state index < -0.39 is 11.7 Å². The Bertz CT molecular complexity index is 723. The van der Waals surface area contributed by atoms with Crippen molar-refractivity contribution in [3.8, 4) is 0 Å². The Morgan fingerprint density at radius 3 is 2.37 bits per heavy atom. The second kappa shape index (κ2) is 8.09. The molecule has 1 aromatic rings. The van der Waals surface area contributed by atoms with E-state index >= 15 is 0 Å². The van der Waals surface area contributed by atoms with E-state index in [1.165, 1.54) is 41.8 Å². The molecular formula is C22H29F3N2. The summed E-state index contributed by atoms with van der Waals surface area (Å²) in [5.74, 6) is 0. The van der Waals surface area contributed by atoms with Gasteiger partial charge in [0, 0.05) is 24.8 Å². The van der Waals surface area contributed by atoms with Crippen molar-refractivity contribution in [2.45, 2.75) is 58.7 Å². The standard InChI is InChI=1S/C22H29F3N2/c1-15(18-8-10-19(11-9-18)22(23,24)25)16(2)21-7-5-13-27(17(21)3)20-6-4-12-26-14-20/h8-11,20,26H,4-7,12-14H2,1-3H3/b16-15+/t20-/m1/s1. The summed E-state index contributed by atoms with van der Waals surface area (Å²) in [6, 6.07) is 6.07. The zero-order valence-electron chi connectivity index (χ0n) is 16.4. The maximum Gasteiger partial charge on any atom is 0.416 e. The molecule has 2 aliphatic heterocycles. The third-order valence-electron chi connectivity index (χ3n) is 6.07. The van der Waals surface area contributed by atoms with Crippen LogP contribution < -0.4 is 5.32 Å². The molecular weight excluding hydrogens is 349 g/mol. The molecule has 0 aromatic heterocycles. The number of nitrogens with zero attached hydrogens (tertiary/aromatic N) is 1. The van der Waals surface area contributed by atoms with Crippen molar-refractivity contribution in [3.05, 3.63) is 52.2 Å². The molecule has 5 heteroatoms. The van der Waals surface area contributed by atoms with Gasteiger partial charge in [0.15, 0.2) is 0 Å². The molecule has 0 radical (unpaired) electrons. The Balaban J connectivity index is 1.88. The molecule has 0 bridgehead atoms. The highest BCUT2D eigenvalue weighted by atomic mass is 19.4. The summed E-state index contributed by atoms with van der Waals surface area (Å²) in [6.07, 6.45) is 0.302. The maximum atomic E-state index is 12.8. The van der Waals surface area contributed by atoms with Crippen molar-refractivity contribution < 1.29 is 13.2 Å². The lowest BCUT2D eigenvalue weighted by Crippen LogP contribution is -2.46. The number of piperidine rings is 1. The van der Waals surface area contributed by atoms with E-state index in [4.69, 9.17) is 0 Å². The number of hydrogen-bond acceptors (Lipinski definition) is 2. The fourth-order valence-electron chi connectivity index (χ4n) is 4.31. The minimum absolute atomic E-state index is 0.549. The summed E-state index contributed by atoms with van der Waals surface area (Å²) in [5.41, 5.74) is 5.20. The highest BCUT2D eigenvalue weighted by Crippen LogP contribution is 2.35. The zero-order valence-corrected chi connectivity index (χ0v) is 16.4. The Hall–Kier alpha value is -1.75. The number of nitrogens with one attached hydrogen (secondary N) is 1. The van der Waals surface area contributed by atoms with E-state index in [2.05, 4.69) is 24.1 Å². The lowest BCUT2D eigenvalue weighted by atomic mass is 9.89. The predicted molar refractivity (Wildman–Crippen MR) is 104 cm³/mol. The molecule has 148 valence electrons. The van der Waals surface area contributed by atoms with E-state index in [1.54, 1.807) is 12.1 Å². The summed E-state index contributed by atoms with van der Waals surface area (Å²) in [7, 11) is 0. The molecule has 3 rings (SSSR count). The number of hydrogen-bond donors (Lipinski definition) is 1. The molecule has 1 atom stereocenters. The van der Waals surface area contributed by atoms with Gasteiger partial charge in [-0.2, -0.15) is 13.2 Å². The number of rotatable bonds is 3. The van der Waals surface area contributed by atoms with Crippen molar-refractivity contribution in [1.29, 1.82) is 0 Å². The fourth-order valence-corrected chi connectivity index (χ4v) is 4.31. The first-order chi connectivity index (χ1) is 12.8. The van der Waals surface area contributed by atoms with Crippen LogP contribution in [0.15, 0.2) is 41.1 Å². The Labute approximate surface area is 160 Å². The van der Waals surface area contributed by atoms with Crippen molar-refractivity contribution >= 4 is 5.57 Å². The first-order valence-electron chi connectivity index (χ1n) is 9.81. The zero-order chi connectivity index (χ0) is 19.6.